The maximum atomic E-state index is 12.0. The second-order valence-corrected chi connectivity index (χ2v) is 7.57. The van der Waals surface area contributed by atoms with Crippen molar-refractivity contribution in [3.05, 3.63) is 42.2 Å². The minimum absolute atomic E-state index is 0.0200. The topological polar surface area (TPSA) is 79.4 Å². The van der Waals surface area contributed by atoms with Gasteiger partial charge in [0.25, 0.3) is 0 Å². The average Bonchev–Trinajstić information content (AvgIpc) is 3.56. The number of aromatic nitrogens is 2. The zero-order valence-corrected chi connectivity index (χ0v) is 16.2. The van der Waals surface area contributed by atoms with Crippen molar-refractivity contribution in [1.82, 2.24) is 15.4 Å². The first-order chi connectivity index (χ1) is 13.7. The smallest absolute Gasteiger partial charge is 0.238 e. The lowest BCUT2D eigenvalue weighted by Crippen LogP contribution is -2.34. The number of carbonyl (C=O) groups excluding carboxylic acids is 1. The number of hydrogen-bond donors (Lipinski definition) is 2. The van der Waals surface area contributed by atoms with Crippen LogP contribution < -0.4 is 20.5 Å². The van der Waals surface area contributed by atoms with Crippen molar-refractivity contribution in [1.29, 1.82) is 0 Å². The summed E-state index contributed by atoms with van der Waals surface area (Å²) in [7, 11) is 1.61. The molecule has 2 aliphatic rings. The normalized spacial score (nSPS) is 17.2. The summed E-state index contributed by atoms with van der Waals surface area (Å²) < 4.78 is 5.59. The van der Waals surface area contributed by atoms with Crippen LogP contribution in [0.3, 0.4) is 0 Å². The van der Waals surface area contributed by atoms with E-state index in [9.17, 15) is 4.79 Å². The van der Waals surface area contributed by atoms with Gasteiger partial charge in [0.15, 0.2) is 11.6 Å². The van der Waals surface area contributed by atoms with Crippen molar-refractivity contribution in [2.75, 3.05) is 30.5 Å². The second-order valence-electron chi connectivity index (χ2n) is 7.57. The third-order valence-corrected chi connectivity index (χ3v) is 5.55. The number of amides is 1. The van der Waals surface area contributed by atoms with Crippen LogP contribution in [0.1, 0.15) is 43.6 Å². The fourth-order valence-electron chi connectivity index (χ4n) is 3.78. The number of nitrogens with zero attached hydrogens (tertiary/aromatic N) is 3. The molecule has 0 unspecified atom stereocenters. The van der Waals surface area contributed by atoms with Crippen LogP contribution in [0.5, 0.6) is 5.75 Å². The van der Waals surface area contributed by atoms with Gasteiger partial charge in [0.1, 0.15) is 6.33 Å². The third-order valence-electron chi connectivity index (χ3n) is 5.55. The number of carbonyl (C=O) groups is 1. The van der Waals surface area contributed by atoms with E-state index in [4.69, 9.17) is 4.74 Å². The Kier molecular flexibility index (Phi) is 5.60. The Labute approximate surface area is 165 Å². The number of benzene rings is 1. The van der Waals surface area contributed by atoms with Crippen LogP contribution in [0.15, 0.2) is 36.7 Å². The molecule has 2 aromatic rings. The number of ether oxygens (including phenoxy) is 1. The minimum atomic E-state index is -0.0200. The minimum Gasteiger partial charge on any atom is -0.490 e. The van der Waals surface area contributed by atoms with Gasteiger partial charge < -0.3 is 9.64 Å². The van der Waals surface area contributed by atoms with Gasteiger partial charge >= 0.3 is 0 Å². The largest absolute Gasteiger partial charge is 0.490 e. The molecule has 1 saturated carbocycles. The lowest BCUT2D eigenvalue weighted by Gasteiger charge is -2.33. The molecule has 2 heterocycles. The average molecular weight is 381 g/mol. The summed E-state index contributed by atoms with van der Waals surface area (Å²) in [6.07, 6.45) is 6.49. The number of rotatable bonds is 7. The van der Waals surface area contributed by atoms with Crippen molar-refractivity contribution >= 4 is 17.5 Å². The van der Waals surface area contributed by atoms with E-state index in [1.54, 1.807) is 7.11 Å². The number of nitrogens with one attached hydrogen (secondary N) is 2. The van der Waals surface area contributed by atoms with Gasteiger partial charge in [-0.05, 0) is 43.1 Å². The lowest BCUT2D eigenvalue weighted by molar-refractivity contribution is -0.120. The maximum Gasteiger partial charge on any atom is 0.238 e. The number of methoxy groups -OCH3 is 1. The van der Waals surface area contributed by atoms with Crippen LogP contribution in [0, 0.1) is 5.92 Å². The van der Waals surface area contributed by atoms with E-state index >= 15 is 0 Å². The highest BCUT2D eigenvalue weighted by Gasteiger charge is 2.26. The molecular weight excluding hydrogens is 354 g/mol. The van der Waals surface area contributed by atoms with Gasteiger partial charge in [-0.15, -0.1) is 0 Å². The van der Waals surface area contributed by atoms with Gasteiger partial charge in [-0.1, -0.05) is 30.3 Å². The Hall–Kier alpha value is -2.83. The van der Waals surface area contributed by atoms with Gasteiger partial charge in [-0.2, -0.15) is 0 Å². The van der Waals surface area contributed by atoms with E-state index in [-0.39, 0.29) is 5.91 Å². The predicted molar refractivity (Wildman–Crippen MR) is 108 cm³/mol. The predicted octanol–water partition coefficient (Wildman–Crippen LogP) is 3.11. The number of anilines is 2. The Morgan fingerprint density at radius 3 is 2.57 bits per heavy atom. The molecule has 1 saturated heterocycles. The zero-order valence-electron chi connectivity index (χ0n) is 16.2. The Bertz CT molecular complexity index is 802. The summed E-state index contributed by atoms with van der Waals surface area (Å²) in [5, 5.41) is 0. The summed E-state index contributed by atoms with van der Waals surface area (Å²) in [6, 6.07) is 10.7. The molecule has 1 aromatic carbocycles. The van der Waals surface area contributed by atoms with Crippen LogP contribution in [0.2, 0.25) is 0 Å². The molecule has 0 atom stereocenters. The molecule has 7 nitrogen and oxygen atoms in total. The van der Waals surface area contributed by atoms with Crippen molar-refractivity contribution in [2.45, 2.75) is 38.0 Å². The first-order valence-electron chi connectivity index (χ1n) is 9.98. The zero-order chi connectivity index (χ0) is 19.3. The van der Waals surface area contributed by atoms with Gasteiger partial charge in [-0.25, -0.2) is 9.97 Å². The fraction of sp³-hybridized carbons (Fsp3) is 0.476. The Morgan fingerprint density at radius 1 is 1.14 bits per heavy atom. The van der Waals surface area contributed by atoms with Crippen molar-refractivity contribution < 1.29 is 9.53 Å². The van der Waals surface area contributed by atoms with Crippen LogP contribution in [-0.2, 0) is 4.79 Å². The number of hydrogen-bond acceptors (Lipinski definition) is 6. The molecule has 1 aromatic heterocycles. The fourth-order valence-corrected chi connectivity index (χ4v) is 3.78. The van der Waals surface area contributed by atoms with Gasteiger partial charge in [0.2, 0.25) is 11.7 Å². The summed E-state index contributed by atoms with van der Waals surface area (Å²) in [6.45, 7) is 1.81. The van der Waals surface area contributed by atoms with E-state index < -0.39 is 0 Å². The van der Waals surface area contributed by atoms with Crippen molar-refractivity contribution in [3.8, 4) is 5.75 Å². The first kappa shape index (κ1) is 18.5. The molecule has 2 fully saturated rings. The summed E-state index contributed by atoms with van der Waals surface area (Å²) in [4.78, 5) is 22.9. The van der Waals surface area contributed by atoms with E-state index in [0.29, 0.717) is 29.8 Å². The molecule has 1 amide bonds. The van der Waals surface area contributed by atoms with Gasteiger partial charge in [0, 0.05) is 19.5 Å². The SMILES string of the molecule is COc1c(NNC(=O)CC2CC2)ncnc1N1CCC(c2ccccc2)CC1. The third kappa shape index (κ3) is 4.35. The highest BCUT2D eigenvalue weighted by molar-refractivity contribution is 5.78. The standard InChI is InChI=1S/C21H27N5O2/c1-28-19-20(25-24-18(27)13-15-7-8-15)22-14-23-21(19)26-11-9-17(10-12-26)16-5-3-2-4-6-16/h2-6,14-15,17H,7-13H2,1H3,(H,24,27)(H,22,23,25). The maximum absolute atomic E-state index is 12.0. The molecular formula is C21H27N5O2. The number of piperidine rings is 1. The van der Waals surface area contributed by atoms with Crippen LogP contribution >= 0.6 is 0 Å². The highest BCUT2D eigenvalue weighted by atomic mass is 16.5. The molecule has 0 radical (unpaired) electrons. The lowest BCUT2D eigenvalue weighted by atomic mass is 9.89. The van der Waals surface area contributed by atoms with E-state index in [2.05, 4.69) is 56.1 Å². The summed E-state index contributed by atoms with van der Waals surface area (Å²) in [5.74, 6) is 2.91. The molecule has 28 heavy (non-hydrogen) atoms. The summed E-state index contributed by atoms with van der Waals surface area (Å²) >= 11 is 0. The van der Waals surface area contributed by atoms with Crippen molar-refractivity contribution in [2.24, 2.45) is 5.92 Å². The molecule has 7 heteroatoms. The first-order valence-corrected chi connectivity index (χ1v) is 9.98. The molecule has 148 valence electrons. The molecule has 0 spiro atoms. The highest BCUT2D eigenvalue weighted by Crippen LogP contribution is 2.36. The van der Waals surface area contributed by atoms with E-state index in [0.717, 1.165) is 44.6 Å². The molecule has 4 rings (SSSR count). The Morgan fingerprint density at radius 2 is 1.89 bits per heavy atom. The second kappa shape index (κ2) is 8.46. The van der Waals surface area contributed by atoms with Crippen molar-refractivity contribution in [3.63, 3.8) is 0 Å². The molecule has 0 bridgehead atoms. The van der Waals surface area contributed by atoms with Crippen LogP contribution in [-0.4, -0.2) is 36.1 Å². The summed E-state index contributed by atoms with van der Waals surface area (Å²) in [5.41, 5.74) is 7.04. The Balaban J connectivity index is 1.40. The molecule has 1 aliphatic heterocycles. The quantitative estimate of drug-likeness (QED) is 0.718. The van der Waals surface area contributed by atoms with E-state index in [1.165, 1.54) is 11.9 Å². The van der Waals surface area contributed by atoms with Gasteiger partial charge in [-0.3, -0.25) is 15.6 Å². The van der Waals surface area contributed by atoms with Crippen LogP contribution in [0.25, 0.3) is 0 Å². The molecule has 1 aliphatic carbocycles. The van der Waals surface area contributed by atoms with Crippen LogP contribution in [0.4, 0.5) is 11.6 Å². The monoisotopic (exact) mass is 381 g/mol. The number of hydrazine groups is 1. The van der Waals surface area contributed by atoms with E-state index in [1.807, 2.05) is 0 Å². The van der Waals surface area contributed by atoms with Gasteiger partial charge in [0.05, 0.1) is 7.11 Å². The molecule has 2 N–H and O–H groups in total.